The molecular weight excluding hydrogens is 287 g/mol. The Morgan fingerprint density at radius 1 is 0.545 bits per heavy atom. The summed E-state index contributed by atoms with van der Waals surface area (Å²) in [5.74, 6) is -0.462. The van der Waals surface area contributed by atoms with Crippen molar-refractivity contribution in [2.45, 2.75) is 128 Å². The van der Waals surface area contributed by atoms with Gasteiger partial charge in [0, 0.05) is 10.2 Å². The second-order valence-corrected chi connectivity index (χ2v) is 8.48. The van der Waals surface area contributed by atoms with Crippen LogP contribution in [0, 0.1) is 0 Å². The molecule has 0 saturated heterocycles. The van der Waals surface area contributed by atoms with E-state index in [1.165, 1.54) is 103 Å². The first kappa shape index (κ1) is 22.1. The van der Waals surface area contributed by atoms with Crippen molar-refractivity contribution in [1.29, 1.82) is 0 Å². The van der Waals surface area contributed by atoms with E-state index in [4.69, 9.17) is 0 Å². The summed E-state index contributed by atoms with van der Waals surface area (Å²) >= 11 is 0. The normalized spacial score (nSPS) is 12.8. The van der Waals surface area contributed by atoms with Gasteiger partial charge < -0.3 is 0 Å². The molecule has 0 saturated carbocycles. The van der Waals surface area contributed by atoms with Gasteiger partial charge in [-0.05, 0) is 6.42 Å². The smallest absolute Gasteiger partial charge is 0.0797 e. The van der Waals surface area contributed by atoms with Gasteiger partial charge in [-0.25, -0.2) is 0 Å². The molecule has 0 bridgehead atoms. The van der Waals surface area contributed by atoms with E-state index in [1.54, 1.807) is 0 Å². The number of unbranched alkanes of at least 4 members (excludes halogenated alkanes) is 16. The Morgan fingerprint density at radius 3 is 1.09 bits per heavy atom. The van der Waals surface area contributed by atoms with Crippen molar-refractivity contribution in [1.82, 2.24) is 0 Å². The van der Waals surface area contributed by atoms with Crippen molar-refractivity contribution in [2.75, 3.05) is 0 Å². The van der Waals surface area contributed by atoms with Gasteiger partial charge in [0.1, 0.15) is 0 Å². The minimum absolute atomic E-state index is 0.462. The summed E-state index contributed by atoms with van der Waals surface area (Å²) in [4.78, 5) is 0. The second kappa shape index (κ2) is 19.2. The Morgan fingerprint density at radius 2 is 0.818 bits per heavy atom. The number of alkyl halides is 1. The van der Waals surface area contributed by atoms with E-state index in [2.05, 4.69) is 6.92 Å². The van der Waals surface area contributed by atoms with Crippen LogP contribution in [0.5, 0.6) is 0 Å². The molecule has 0 amide bonds. The lowest BCUT2D eigenvalue weighted by Gasteiger charge is -2.04. The van der Waals surface area contributed by atoms with Crippen LogP contribution in [-0.2, 0) is 0 Å². The van der Waals surface area contributed by atoms with Crippen molar-refractivity contribution >= 4 is 10.2 Å². The quantitative estimate of drug-likeness (QED) is 0.194. The van der Waals surface area contributed by atoms with Crippen LogP contribution < -0.4 is 0 Å². The fraction of sp³-hybridized carbons (Fsp3) is 1.00. The topological polar surface area (TPSA) is 0 Å². The molecule has 0 rings (SSSR count). The van der Waals surface area contributed by atoms with Crippen molar-refractivity contribution in [3.8, 4) is 0 Å². The lowest BCUT2D eigenvalue weighted by molar-refractivity contribution is 0.402. The summed E-state index contributed by atoms with van der Waals surface area (Å²) in [6.45, 7) is 2.29. The molecule has 1 unspecified atom stereocenters. The van der Waals surface area contributed by atoms with Crippen LogP contribution in [-0.4, -0.2) is 16.0 Å². The molecule has 0 aromatic rings. The van der Waals surface area contributed by atoms with Gasteiger partial charge >= 0.3 is 0 Å². The summed E-state index contributed by atoms with van der Waals surface area (Å²) in [5.41, 5.74) is 0. The number of hydrogen-bond acceptors (Lipinski definition) is 0. The Bertz CT molecular complexity index is 194. The van der Waals surface area contributed by atoms with Gasteiger partial charge in [-0.2, -0.15) is 0 Å². The van der Waals surface area contributed by atoms with Gasteiger partial charge in [0.2, 0.25) is 0 Å². The Labute approximate surface area is 143 Å². The first-order valence-electron chi connectivity index (χ1n) is 10.4. The first-order valence-corrected chi connectivity index (χ1v) is 11.6. The maximum atomic E-state index is 12.7. The zero-order chi connectivity index (χ0) is 16.3. The molecule has 0 aliphatic heterocycles. The second-order valence-electron chi connectivity index (χ2n) is 7.23. The average Bonchev–Trinajstić information content (AvgIpc) is 2.50. The third-order valence-corrected chi connectivity index (χ3v) is 5.28. The number of rotatable bonds is 18. The SMILES string of the molecule is CCCCCCCCCCCCCCCCCCCC(F)[SiH3]. The van der Waals surface area contributed by atoms with E-state index in [0.29, 0.717) is 0 Å². The minimum Gasteiger partial charge on any atom is -0.253 e. The van der Waals surface area contributed by atoms with Crippen LogP contribution in [0.2, 0.25) is 0 Å². The summed E-state index contributed by atoms with van der Waals surface area (Å²) in [5, 5.41) is 0. The fourth-order valence-corrected chi connectivity index (χ4v) is 3.56. The van der Waals surface area contributed by atoms with Crippen molar-refractivity contribution < 1.29 is 4.39 Å². The van der Waals surface area contributed by atoms with Gasteiger partial charge in [0.05, 0.1) is 5.79 Å². The molecule has 0 aliphatic rings. The molecule has 0 radical (unpaired) electrons. The first-order chi connectivity index (χ1) is 10.8. The van der Waals surface area contributed by atoms with E-state index in [1.807, 2.05) is 0 Å². The van der Waals surface area contributed by atoms with Crippen LogP contribution in [0.1, 0.15) is 122 Å². The monoisotopic (exact) mass is 330 g/mol. The highest BCUT2D eigenvalue weighted by atomic mass is 28.1. The highest BCUT2D eigenvalue weighted by Crippen LogP contribution is 2.14. The fourth-order valence-electron chi connectivity index (χ4n) is 3.15. The highest BCUT2D eigenvalue weighted by molar-refractivity contribution is 6.10. The van der Waals surface area contributed by atoms with Crippen LogP contribution in [0.15, 0.2) is 0 Å². The molecule has 0 nitrogen and oxygen atoms in total. The molecule has 0 aliphatic carbocycles. The van der Waals surface area contributed by atoms with Crippen LogP contribution in [0.4, 0.5) is 4.39 Å². The summed E-state index contributed by atoms with van der Waals surface area (Å²) in [6.07, 6.45) is 24.6. The molecule has 1 atom stereocenters. The van der Waals surface area contributed by atoms with Gasteiger partial charge in [0.15, 0.2) is 0 Å². The molecule has 0 aromatic heterocycles. The van der Waals surface area contributed by atoms with Gasteiger partial charge in [-0.15, -0.1) is 0 Å². The van der Waals surface area contributed by atoms with E-state index in [9.17, 15) is 4.39 Å². The van der Waals surface area contributed by atoms with E-state index < -0.39 is 5.79 Å². The molecule has 0 spiro atoms. The van der Waals surface area contributed by atoms with Crippen LogP contribution in [0.25, 0.3) is 0 Å². The third kappa shape index (κ3) is 20.1. The Hall–Kier alpha value is 0.147. The Kier molecular flexibility index (Phi) is 19.3. The lowest BCUT2D eigenvalue weighted by Crippen LogP contribution is -1.97. The predicted molar refractivity (Wildman–Crippen MR) is 104 cm³/mol. The summed E-state index contributed by atoms with van der Waals surface area (Å²) in [7, 11) is 0.723. The molecular formula is C20H43FSi. The Balaban J connectivity index is 2.94. The number of halogens is 1. The third-order valence-electron chi connectivity index (χ3n) is 4.71. The summed E-state index contributed by atoms with van der Waals surface area (Å²) in [6, 6.07) is 0. The van der Waals surface area contributed by atoms with Crippen molar-refractivity contribution in [3.63, 3.8) is 0 Å². The molecule has 134 valence electrons. The maximum Gasteiger partial charge on any atom is 0.0797 e. The van der Waals surface area contributed by atoms with E-state index in [-0.39, 0.29) is 0 Å². The number of hydrogen-bond donors (Lipinski definition) is 0. The average molecular weight is 331 g/mol. The zero-order valence-electron chi connectivity index (χ0n) is 15.7. The summed E-state index contributed by atoms with van der Waals surface area (Å²) < 4.78 is 12.7. The van der Waals surface area contributed by atoms with E-state index >= 15 is 0 Å². The lowest BCUT2D eigenvalue weighted by atomic mass is 10.0. The predicted octanol–water partition coefficient (Wildman–Crippen LogP) is 6.69. The molecule has 0 aromatic carbocycles. The van der Waals surface area contributed by atoms with Gasteiger partial charge in [0.25, 0.3) is 0 Å². The van der Waals surface area contributed by atoms with Crippen LogP contribution >= 0.6 is 0 Å². The standard InChI is InChI=1S/C20H43FSi/c1-2-3-4-5-6-7-8-9-10-11-12-13-14-15-16-17-18-19-20(21)22/h20H,2-19H2,1,22H3. The molecule has 0 N–H and O–H groups in total. The zero-order valence-corrected chi connectivity index (χ0v) is 17.7. The maximum absolute atomic E-state index is 12.7. The molecule has 0 heterocycles. The largest absolute Gasteiger partial charge is 0.253 e. The molecule has 2 heteroatoms. The molecule has 22 heavy (non-hydrogen) atoms. The van der Waals surface area contributed by atoms with E-state index in [0.717, 1.165) is 23.1 Å². The van der Waals surface area contributed by atoms with Gasteiger partial charge in [-0.1, -0.05) is 116 Å². The van der Waals surface area contributed by atoms with Gasteiger partial charge in [-0.3, -0.25) is 4.39 Å². The minimum atomic E-state index is -0.462. The van der Waals surface area contributed by atoms with Crippen LogP contribution in [0.3, 0.4) is 0 Å². The van der Waals surface area contributed by atoms with Crippen molar-refractivity contribution in [3.05, 3.63) is 0 Å². The highest BCUT2D eigenvalue weighted by Gasteiger charge is 1.97. The van der Waals surface area contributed by atoms with Crippen molar-refractivity contribution in [2.24, 2.45) is 0 Å². The molecule has 0 fully saturated rings.